The van der Waals surface area contributed by atoms with E-state index < -0.39 is 0 Å². The number of carbonyl (C=O) groups excluding carboxylic acids is 1. The zero-order valence-corrected chi connectivity index (χ0v) is 15.6. The summed E-state index contributed by atoms with van der Waals surface area (Å²) in [4.78, 5) is 16.5. The van der Waals surface area contributed by atoms with Crippen LogP contribution in [0.15, 0.2) is 53.0 Å². The van der Waals surface area contributed by atoms with E-state index in [1.54, 1.807) is 11.3 Å². The molecule has 0 fully saturated rings. The van der Waals surface area contributed by atoms with Crippen molar-refractivity contribution in [3.8, 4) is 0 Å². The van der Waals surface area contributed by atoms with Gasteiger partial charge in [0.1, 0.15) is 11.6 Å². The molecule has 0 bridgehead atoms. The van der Waals surface area contributed by atoms with E-state index in [0.717, 1.165) is 25.3 Å². The minimum absolute atomic E-state index is 0.0186. The number of para-hydroxylation sites is 1. The lowest BCUT2D eigenvalue weighted by molar-refractivity contribution is -0.126. The largest absolute Gasteiger partial charge is 0.364 e. The number of carbonyl (C=O) groups is 1. The van der Waals surface area contributed by atoms with Crippen molar-refractivity contribution in [3.05, 3.63) is 63.6 Å². The second-order valence-electron chi connectivity index (χ2n) is 5.38. The van der Waals surface area contributed by atoms with Gasteiger partial charge in [0.05, 0.1) is 22.9 Å². The molecule has 3 aromatic rings. The van der Waals surface area contributed by atoms with Gasteiger partial charge in [0.15, 0.2) is 0 Å². The van der Waals surface area contributed by atoms with Gasteiger partial charge < -0.3 is 10.1 Å². The summed E-state index contributed by atoms with van der Waals surface area (Å²) in [6.45, 7) is 2.31. The van der Waals surface area contributed by atoms with Crippen molar-refractivity contribution in [2.75, 3.05) is 6.61 Å². The molecule has 0 aliphatic rings. The van der Waals surface area contributed by atoms with Gasteiger partial charge in [0.2, 0.25) is 5.91 Å². The van der Waals surface area contributed by atoms with Crippen LogP contribution in [0.1, 0.15) is 23.5 Å². The number of fused-ring (bicyclic) bond motifs is 1. The van der Waals surface area contributed by atoms with E-state index in [4.69, 9.17) is 4.74 Å². The topological polar surface area (TPSA) is 51.2 Å². The summed E-state index contributed by atoms with van der Waals surface area (Å²) in [6, 6.07) is 15.7. The standard InChI is InChI=1S/C18H17BrN2O2S/c1-12(13-6-2-3-7-14(13)19)20-17(22)10-23-11-18-21-15-8-4-5-9-16(15)24-18/h2-9,12H,10-11H2,1H3,(H,20,22). The average molecular weight is 405 g/mol. The van der Waals surface area contributed by atoms with Crippen molar-refractivity contribution in [1.29, 1.82) is 0 Å². The Morgan fingerprint density at radius 1 is 1.25 bits per heavy atom. The van der Waals surface area contributed by atoms with Gasteiger partial charge in [-0.25, -0.2) is 4.98 Å². The number of ether oxygens (including phenoxy) is 1. The van der Waals surface area contributed by atoms with Gasteiger partial charge in [-0.3, -0.25) is 4.79 Å². The number of halogens is 1. The number of nitrogens with zero attached hydrogens (tertiary/aromatic N) is 1. The number of benzene rings is 2. The number of nitrogens with one attached hydrogen (secondary N) is 1. The van der Waals surface area contributed by atoms with Crippen LogP contribution < -0.4 is 5.32 Å². The first-order valence-corrected chi connectivity index (χ1v) is 9.20. The quantitative estimate of drug-likeness (QED) is 0.659. The summed E-state index contributed by atoms with van der Waals surface area (Å²) in [6.07, 6.45) is 0. The van der Waals surface area contributed by atoms with E-state index in [9.17, 15) is 4.79 Å². The summed E-state index contributed by atoms with van der Waals surface area (Å²) in [5.41, 5.74) is 2.00. The Bertz CT molecular complexity index is 817. The van der Waals surface area contributed by atoms with Crippen LogP contribution in [-0.2, 0) is 16.1 Å². The molecule has 1 heterocycles. The van der Waals surface area contributed by atoms with Gasteiger partial charge in [-0.1, -0.05) is 46.3 Å². The molecule has 2 aromatic carbocycles. The average Bonchev–Trinajstić information content (AvgIpc) is 2.97. The third kappa shape index (κ3) is 4.20. The lowest BCUT2D eigenvalue weighted by atomic mass is 10.1. The molecular weight excluding hydrogens is 388 g/mol. The predicted octanol–water partition coefficient (Wildman–Crippen LogP) is 4.45. The van der Waals surface area contributed by atoms with Crippen LogP contribution in [0.25, 0.3) is 10.2 Å². The maximum atomic E-state index is 12.0. The van der Waals surface area contributed by atoms with E-state index in [1.165, 1.54) is 0 Å². The fraction of sp³-hybridized carbons (Fsp3) is 0.222. The number of aromatic nitrogens is 1. The molecule has 1 amide bonds. The number of amides is 1. The minimum atomic E-state index is -0.139. The highest BCUT2D eigenvalue weighted by Crippen LogP contribution is 2.23. The fourth-order valence-electron chi connectivity index (χ4n) is 2.40. The first-order valence-electron chi connectivity index (χ1n) is 7.59. The highest BCUT2D eigenvalue weighted by Gasteiger charge is 2.12. The maximum Gasteiger partial charge on any atom is 0.246 e. The van der Waals surface area contributed by atoms with Crippen LogP contribution in [0.3, 0.4) is 0 Å². The molecule has 1 unspecified atom stereocenters. The molecule has 6 heteroatoms. The van der Waals surface area contributed by atoms with Crippen LogP contribution in [0.5, 0.6) is 0 Å². The van der Waals surface area contributed by atoms with E-state index >= 15 is 0 Å². The molecule has 0 aliphatic heterocycles. The molecule has 0 radical (unpaired) electrons. The highest BCUT2D eigenvalue weighted by atomic mass is 79.9. The van der Waals surface area contributed by atoms with Crippen LogP contribution in [0.2, 0.25) is 0 Å². The van der Waals surface area contributed by atoms with E-state index in [2.05, 4.69) is 26.2 Å². The Morgan fingerprint density at radius 2 is 2.00 bits per heavy atom. The highest BCUT2D eigenvalue weighted by molar-refractivity contribution is 9.10. The monoisotopic (exact) mass is 404 g/mol. The molecule has 24 heavy (non-hydrogen) atoms. The molecule has 0 aliphatic carbocycles. The second kappa shape index (κ2) is 7.88. The molecule has 1 aromatic heterocycles. The van der Waals surface area contributed by atoms with Gasteiger partial charge >= 0.3 is 0 Å². The zero-order chi connectivity index (χ0) is 16.9. The minimum Gasteiger partial charge on any atom is -0.364 e. The van der Waals surface area contributed by atoms with Crippen LogP contribution in [0, 0.1) is 0 Å². The van der Waals surface area contributed by atoms with Crippen LogP contribution in [0.4, 0.5) is 0 Å². The Kier molecular flexibility index (Phi) is 5.60. The summed E-state index contributed by atoms with van der Waals surface area (Å²) in [7, 11) is 0. The Hall–Kier alpha value is -1.76. The fourth-order valence-corrected chi connectivity index (χ4v) is 3.93. The lowest BCUT2D eigenvalue weighted by Crippen LogP contribution is -2.30. The Labute approximate surface area is 153 Å². The summed E-state index contributed by atoms with van der Waals surface area (Å²) >= 11 is 5.08. The van der Waals surface area contributed by atoms with Crippen molar-refractivity contribution in [2.45, 2.75) is 19.6 Å². The Morgan fingerprint density at radius 3 is 2.79 bits per heavy atom. The lowest BCUT2D eigenvalue weighted by Gasteiger charge is -2.15. The number of hydrogen-bond acceptors (Lipinski definition) is 4. The second-order valence-corrected chi connectivity index (χ2v) is 7.35. The maximum absolute atomic E-state index is 12.0. The molecule has 1 atom stereocenters. The summed E-state index contributed by atoms with van der Waals surface area (Å²) in [5.74, 6) is -0.139. The number of thiazole rings is 1. The molecule has 0 saturated carbocycles. The van der Waals surface area contributed by atoms with Gasteiger partial charge in [0.25, 0.3) is 0 Å². The summed E-state index contributed by atoms with van der Waals surface area (Å²) in [5, 5.41) is 3.82. The zero-order valence-electron chi connectivity index (χ0n) is 13.2. The molecule has 0 saturated heterocycles. The van der Waals surface area contributed by atoms with Gasteiger partial charge in [-0.15, -0.1) is 11.3 Å². The third-order valence-electron chi connectivity index (χ3n) is 3.55. The molecule has 4 nitrogen and oxygen atoms in total. The van der Waals surface area contributed by atoms with Gasteiger partial charge in [-0.2, -0.15) is 0 Å². The Balaban J connectivity index is 1.49. The van der Waals surface area contributed by atoms with Gasteiger partial charge in [0, 0.05) is 4.47 Å². The number of hydrogen-bond donors (Lipinski definition) is 1. The molecule has 1 N–H and O–H groups in total. The molecule has 0 spiro atoms. The van der Waals surface area contributed by atoms with E-state index in [1.807, 2.05) is 55.5 Å². The van der Waals surface area contributed by atoms with Gasteiger partial charge in [-0.05, 0) is 30.7 Å². The van der Waals surface area contributed by atoms with Crippen molar-refractivity contribution >= 4 is 43.4 Å². The van der Waals surface area contributed by atoms with Crippen LogP contribution in [-0.4, -0.2) is 17.5 Å². The number of rotatable bonds is 6. The third-order valence-corrected chi connectivity index (χ3v) is 5.28. The van der Waals surface area contributed by atoms with E-state index in [0.29, 0.717) is 6.61 Å². The first-order chi connectivity index (χ1) is 11.6. The van der Waals surface area contributed by atoms with Crippen molar-refractivity contribution in [1.82, 2.24) is 10.3 Å². The smallest absolute Gasteiger partial charge is 0.246 e. The van der Waals surface area contributed by atoms with Crippen molar-refractivity contribution < 1.29 is 9.53 Å². The molecule has 3 rings (SSSR count). The normalized spacial score (nSPS) is 12.2. The SMILES string of the molecule is CC(NC(=O)COCc1nc2ccccc2s1)c1ccccc1Br. The van der Waals surface area contributed by atoms with E-state index in [-0.39, 0.29) is 18.6 Å². The van der Waals surface area contributed by atoms with Crippen molar-refractivity contribution in [3.63, 3.8) is 0 Å². The van der Waals surface area contributed by atoms with Crippen molar-refractivity contribution in [2.24, 2.45) is 0 Å². The van der Waals surface area contributed by atoms with Crippen LogP contribution >= 0.6 is 27.3 Å². The molecule has 124 valence electrons. The predicted molar refractivity (Wildman–Crippen MR) is 100.0 cm³/mol. The summed E-state index contributed by atoms with van der Waals surface area (Å²) < 4.78 is 7.61. The first kappa shape index (κ1) is 17.1. The molecular formula is C18H17BrN2O2S.